The molecular weight excluding hydrogens is 172 g/mol. The van der Waals surface area contributed by atoms with Gasteiger partial charge >= 0.3 is 0 Å². The van der Waals surface area contributed by atoms with Crippen molar-refractivity contribution < 1.29 is 0 Å². The quantitative estimate of drug-likeness (QED) is 0.687. The summed E-state index contributed by atoms with van der Waals surface area (Å²) in [4.78, 5) is 2.73. The van der Waals surface area contributed by atoms with Crippen molar-refractivity contribution in [2.24, 2.45) is 11.8 Å². The third kappa shape index (κ3) is 1.70. The van der Waals surface area contributed by atoms with Crippen molar-refractivity contribution in [3.05, 3.63) is 0 Å². The molecule has 1 N–H and O–H groups in total. The van der Waals surface area contributed by atoms with E-state index < -0.39 is 0 Å². The molecule has 2 rings (SSSR count). The number of nitrogens with zero attached hydrogens (tertiary/aromatic N) is 1. The molecule has 2 fully saturated rings. The van der Waals surface area contributed by atoms with Crippen LogP contribution < -0.4 is 5.32 Å². The molecule has 2 heteroatoms. The highest BCUT2D eigenvalue weighted by atomic mass is 15.2. The molecule has 5 unspecified atom stereocenters. The monoisotopic (exact) mass is 196 g/mol. The summed E-state index contributed by atoms with van der Waals surface area (Å²) in [7, 11) is 0. The van der Waals surface area contributed by atoms with Gasteiger partial charge in [0.15, 0.2) is 0 Å². The molecule has 2 nitrogen and oxygen atoms in total. The molecule has 0 aliphatic carbocycles. The fourth-order valence-electron chi connectivity index (χ4n) is 3.09. The van der Waals surface area contributed by atoms with Crippen LogP contribution in [0.15, 0.2) is 0 Å². The molecule has 5 atom stereocenters. The largest absolute Gasteiger partial charge is 0.313 e. The summed E-state index contributed by atoms with van der Waals surface area (Å²) in [5.41, 5.74) is 0. The average Bonchev–Trinajstić information content (AvgIpc) is 2.66. The summed E-state index contributed by atoms with van der Waals surface area (Å²) < 4.78 is 0. The molecule has 2 aliphatic heterocycles. The Kier molecular flexibility index (Phi) is 2.85. The Morgan fingerprint density at radius 1 is 1.14 bits per heavy atom. The van der Waals surface area contributed by atoms with Gasteiger partial charge in [-0.2, -0.15) is 0 Å². The second-order valence-corrected chi connectivity index (χ2v) is 5.47. The summed E-state index contributed by atoms with van der Waals surface area (Å²) in [5.74, 6) is 1.74. The number of hydrogen-bond acceptors (Lipinski definition) is 2. The highest BCUT2D eigenvalue weighted by molar-refractivity contribution is 4.94. The van der Waals surface area contributed by atoms with E-state index in [1.54, 1.807) is 0 Å². The molecule has 0 saturated carbocycles. The highest BCUT2D eigenvalue weighted by Gasteiger charge is 2.39. The fourth-order valence-corrected chi connectivity index (χ4v) is 3.09. The van der Waals surface area contributed by atoms with Gasteiger partial charge in [-0.15, -0.1) is 0 Å². The topological polar surface area (TPSA) is 15.3 Å². The maximum Gasteiger partial charge on any atom is 0.0238 e. The lowest BCUT2D eigenvalue weighted by Crippen LogP contribution is -2.40. The van der Waals surface area contributed by atoms with Crippen LogP contribution >= 0.6 is 0 Å². The third-order valence-corrected chi connectivity index (χ3v) is 4.48. The van der Waals surface area contributed by atoms with Crippen molar-refractivity contribution in [1.82, 2.24) is 10.2 Å². The van der Waals surface area contributed by atoms with Crippen LogP contribution in [0.3, 0.4) is 0 Å². The molecule has 82 valence electrons. The van der Waals surface area contributed by atoms with Gasteiger partial charge in [0.2, 0.25) is 0 Å². The van der Waals surface area contributed by atoms with Crippen LogP contribution in [0.2, 0.25) is 0 Å². The highest BCUT2D eigenvalue weighted by Crippen LogP contribution is 2.32. The zero-order chi connectivity index (χ0) is 10.3. The van der Waals surface area contributed by atoms with E-state index in [9.17, 15) is 0 Å². The van der Waals surface area contributed by atoms with E-state index in [2.05, 4.69) is 37.9 Å². The maximum absolute atomic E-state index is 3.55. The Bertz CT molecular complexity index is 204. The Labute approximate surface area is 88.1 Å². The zero-order valence-electron chi connectivity index (χ0n) is 9.96. The van der Waals surface area contributed by atoms with Crippen LogP contribution in [0, 0.1) is 11.8 Å². The SMILES string of the molecule is CC1CC(N2CC(C)C(C)C2C)CN1. The van der Waals surface area contributed by atoms with Crippen molar-refractivity contribution in [1.29, 1.82) is 0 Å². The van der Waals surface area contributed by atoms with E-state index in [0.29, 0.717) is 0 Å². The number of hydrogen-bond donors (Lipinski definition) is 1. The van der Waals surface area contributed by atoms with Crippen LogP contribution in [0.25, 0.3) is 0 Å². The van der Waals surface area contributed by atoms with Crippen molar-refractivity contribution in [3.63, 3.8) is 0 Å². The first-order chi connectivity index (χ1) is 6.59. The first-order valence-corrected chi connectivity index (χ1v) is 6.08. The van der Waals surface area contributed by atoms with Crippen LogP contribution in [0.5, 0.6) is 0 Å². The smallest absolute Gasteiger partial charge is 0.0238 e. The molecule has 0 radical (unpaired) electrons. The lowest BCUT2D eigenvalue weighted by Gasteiger charge is -2.29. The minimum absolute atomic E-state index is 0.721. The summed E-state index contributed by atoms with van der Waals surface area (Å²) in [6, 6.07) is 2.30. The van der Waals surface area contributed by atoms with Crippen molar-refractivity contribution in [2.45, 2.75) is 52.2 Å². The standard InChI is InChI=1S/C12H24N2/c1-8-7-14(11(4)10(8)3)12-5-9(2)13-6-12/h8-13H,5-7H2,1-4H3. The second-order valence-electron chi connectivity index (χ2n) is 5.47. The molecular formula is C12H24N2. The molecule has 2 aliphatic rings. The van der Waals surface area contributed by atoms with Gasteiger partial charge in [-0.1, -0.05) is 13.8 Å². The van der Waals surface area contributed by atoms with Gasteiger partial charge in [-0.3, -0.25) is 4.90 Å². The van der Waals surface area contributed by atoms with E-state index in [-0.39, 0.29) is 0 Å². The minimum Gasteiger partial charge on any atom is -0.313 e. The summed E-state index contributed by atoms with van der Waals surface area (Å²) in [6.45, 7) is 12.0. The average molecular weight is 196 g/mol. The van der Waals surface area contributed by atoms with E-state index in [1.165, 1.54) is 19.5 Å². The molecule has 2 heterocycles. The summed E-state index contributed by atoms with van der Waals surface area (Å²) >= 11 is 0. The van der Waals surface area contributed by atoms with Gasteiger partial charge in [0.25, 0.3) is 0 Å². The molecule has 0 aromatic rings. The van der Waals surface area contributed by atoms with Crippen LogP contribution in [0.4, 0.5) is 0 Å². The Morgan fingerprint density at radius 2 is 1.86 bits per heavy atom. The fraction of sp³-hybridized carbons (Fsp3) is 1.00. The molecule has 0 aromatic heterocycles. The number of likely N-dealkylation sites (tertiary alicyclic amines) is 1. The van der Waals surface area contributed by atoms with E-state index in [4.69, 9.17) is 0 Å². The van der Waals surface area contributed by atoms with Crippen molar-refractivity contribution >= 4 is 0 Å². The lowest BCUT2D eigenvalue weighted by molar-refractivity contribution is 0.185. The molecule has 14 heavy (non-hydrogen) atoms. The normalized spacial score (nSPS) is 50.1. The molecule has 0 amide bonds. The Balaban J connectivity index is 1.99. The van der Waals surface area contributed by atoms with E-state index in [1.807, 2.05) is 0 Å². The number of nitrogens with one attached hydrogen (secondary N) is 1. The molecule has 0 aromatic carbocycles. The van der Waals surface area contributed by atoms with Crippen molar-refractivity contribution in [2.75, 3.05) is 13.1 Å². The summed E-state index contributed by atoms with van der Waals surface area (Å²) in [5, 5.41) is 3.55. The summed E-state index contributed by atoms with van der Waals surface area (Å²) in [6.07, 6.45) is 1.34. The predicted octanol–water partition coefficient (Wildman–Crippen LogP) is 1.71. The van der Waals surface area contributed by atoms with Gasteiger partial charge in [0.1, 0.15) is 0 Å². The Morgan fingerprint density at radius 3 is 2.29 bits per heavy atom. The first-order valence-electron chi connectivity index (χ1n) is 6.08. The molecule has 2 saturated heterocycles. The van der Waals surface area contributed by atoms with Crippen LogP contribution in [-0.2, 0) is 0 Å². The zero-order valence-corrected chi connectivity index (χ0v) is 9.96. The number of rotatable bonds is 1. The van der Waals surface area contributed by atoms with Crippen LogP contribution in [0.1, 0.15) is 34.1 Å². The van der Waals surface area contributed by atoms with Crippen LogP contribution in [-0.4, -0.2) is 36.1 Å². The molecule has 0 spiro atoms. The van der Waals surface area contributed by atoms with Gasteiger partial charge < -0.3 is 5.32 Å². The minimum atomic E-state index is 0.721. The predicted molar refractivity (Wildman–Crippen MR) is 60.4 cm³/mol. The van der Waals surface area contributed by atoms with Gasteiger partial charge in [-0.05, 0) is 32.1 Å². The van der Waals surface area contributed by atoms with Crippen molar-refractivity contribution in [3.8, 4) is 0 Å². The Hall–Kier alpha value is -0.0800. The van der Waals surface area contributed by atoms with E-state index >= 15 is 0 Å². The third-order valence-electron chi connectivity index (χ3n) is 4.48. The van der Waals surface area contributed by atoms with E-state index in [0.717, 1.165) is 30.0 Å². The first kappa shape index (κ1) is 10.4. The molecule has 0 bridgehead atoms. The maximum atomic E-state index is 3.55. The second kappa shape index (κ2) is 3.82. The van der Waals surface area contributed by atoms with Gasteiger partial charge in [-0.25, -0.2) is 0 Å². The van der Waals surface area contributed by atoms with Gasteiger partial charge in [0.05, 0.1) is 0 Å². The van der Waals surface area contributed by atoms with Gasteiger partial charge in [0, 0.05) is 31.2 Å². The lowest BCUT2D eigenvalue weighted by atomic mass is 9.95.